The Hall–Kier alpha value is -3.64. The highest BCUT2D eigenvalue weighted by Crippen LogP contribution is 2.47. The van der Waals surface area contributed by atoms with Crippen molar-refractivity contribution in [1.29, 1.82) is 0 Å². The quantitative estimate of drug-likeness (QED) is 0.609. The van der Waals surface area contributed by atoms with Gasteiger partial charge in [-0.3, -0.25) is 14.4 Å². The molecule has 2 heterocycles. The van der Waals surface area contributed by atoms with Crippen LogP contribution in [0.15, 0.2) is 84.9 Å². The number of amides is 2. The lowest BCUT2D eigenvalue weighted by molar-refractivity contribution is -0.126. The van der Waals surface area contributed by atoms with Gasteiger partial charge in [-0.2, -0.15) is 0 Å². The molecule has 156 valence electrons. The number of fused-ring (bicyclic) bond motifs is 1. The maximum absolute atomic E-state index is 13.5. The van der Waals surface area contributed by atoms with Gasteiger partial charge in [-0.25, -0.2) is 9.96 Å². The van der Waals surface area contributed by atoms with Gasteiger partial charge in [-0.1, -0.05) is 48.5 Å². The van der Waals surface area contributed by atoms with E-state index in [9.17, 15) is 9.59 Å². The van der Waals surface area contributed by atoms with Crippen LogP contribution in [0.2, 0.25) is 0 Å². The van der Waals surface area contributed by atoms with E-state index >= 15 is 0 Å². The van der Waals surface area contributed by atoms with Crippen LogP contribution in [0.4, 0.5) is 17.1 Å². The molecule has 0 saturated carbocycles. The SMILES string of the molecule is CN(C)c1ccc([C@@H]2[C@@H]3C(=O)N(c4ccccc4)C(=O)[C@H]3ON2c2ccccc2)cc1. The predicted molar refractivity (Wildman–Crippen MR) is 120 cm³/mol. The third-order valence-corrected chi connectivity index (χ3v) is 5.89. The molecule has 6 nitrogen and oxygen atoms in total. The second-order valence-electron chi connectivity index (χ2n) is 7.99. The molecule has 3 atom stereocenters. The number of carbonyl (C=O) groups excluding carboxylic acids is 2. The number of para-hydroxylation sites is 2. The summed E-state index contributed by atoms with van der Waals surface area (Å²) in [5, 5.41) is 1.72. The Morgan fingerprint density at radius 1 is 0.742 bits per heavy atom. The molecular weight excluding hydrogens is 390 g/mol. The molecule has 0 aliphatic carbocycles. The van der Waals surface area contributed by atoms with Crippen molar-refractivity contribution in [2.45, 2.75) is 12.1 Å². The fourth-order valence-electron chi connectivity index (χ4n) is 4.35. The molecule has 5 rings (SSSR count). The van der Waals surface area contributed by atoms with Crippen LogP contribution < -0.4 is 14.9 Å². The van der Waals surface area contributed by atoms with Crippen molar-refractivity contribution < 1.29 is 14.4 Å². The molecule has 0 unspecified atom stereocenters. The lowest BCUT2D eigenvalue weighted by Crippen LogP contribution is -2.37. The van der Waals surface area contributed by atoms with Gasteiger partial charge in [0.1, 0.15) is 5.92 Å². The molecule has 2 saturated heterocycles. The summed E-state index contributed by atoms with van der Waals surface area (Å²) in [5.74, 6) is -1.19. The summed E-state index contributed by atoms with van der Waals surface area (Å²) in [5.41, 5.74) is 3.37. The Bertz CT molecular complexity index is 1100. The summed E-state index contributed by atoms with van der Waals surface area (Å²) >= 11 is 0. The standard InChI is InChI=1S/C25H23N3O3/c1-26(2)18-15-13-17(14-16-18)22-21-23(31-28(22)20-11-7-4-8-12-20)25(30)27(24(21)29)19-9-5-3-6-10-19/h3-16,21-23H,1-2H3/t21-,22+,23-/m0/s1. The summed E-state index contributed by atoms with van der Waals surface area (Å²) in [4.78, 5) is 36.2. The summed E-state index contributed by atoms with van der Waals surface area (Å²) < 4.78 is 0. The van der Waals surface area contributed by atoms with Crippen molar-refractivity contribution in [2.24, 2.45) is 5.92 Å². The first-order valence-corrected chi connectivity index (χ1v) is 10.3. The van der Waals surface area contributed by atoms with Crippen molar-refractivity contribution >= 4 is 28.9 Å². The van der Waals surface area contributed by atoms with Crippen LogP contribution in [0.25, 0.3) is 0 Å². The number of imide groups is 1. The fourth-order valence-corrected chi connectivity index (χ4v) is 4.35. The lowest BCUT2D eigenvalue weighted by atomic mass is 9.90. The maximum atomic E-state index is 13.5. The van der Waals surface area contributed by atoms with E-state index in [-0.39, 0.29) is 11.8 Å². The first-order chi connectivity index (χ1) is 15.1. The molecule has 31 heavy (non-hydrogen) atoms. The van der Waals surface area contributed by atoms with Gasteiger partial charge in [0.25, 0.3) is 5.91 Å². The van der Waals surface area contributed by atoms with Gasteiger partial charge in [0, 0.05) is 19.8 Å². The number of rotatable bonds is 4. The molecule has 6 heteroatoms. The van der Waals surface area contributed by atoms with Gasteiger partial charge in [0.15, 0.2) is 6.10 Å². The average Bonchev–Trinajstić information content (AvgIpc) is 3.31. The Morgan fingerprint density at radius 3 is 1.90 bits per heavy atom. The summed E-state index contributed by atoms with van der Waals surface area (Å²) in [6, 6.07) is 26.3. The third kappa shape index (κ3) is 3.16. The first kappa shape index (κ1) is 19.3. The Kier molecular flexibility index (Phi) is 4.71. The molecule has 3 aromatic carbocycles. The smallest absolute Gasteiger partial charge is 0.266 e. The lowest BCUT2D eigenvalue weighted by Gasteiger charge is -2.29. The van der Waals surface area contributed by atoms with E-state index in [0.717, 1.165) is 16.9 Å². The van der Waals surface area contributed by atoms with Crippen LogP contribution >= 0.6 is 0 Å². The third-order valence-electron chi connectivity index (χ3n) is 5.89. The molecule has 2 aliphatic rings. The van der Waals surface area contributed by atoms with Gasteiger partial charge in [0.05, 0.1) is 17.4 Å². The number of anilines is 3. The summed E-state index contributed by atoms with van der Waals surface area (Å²) in [7, 11) is 3.97. The van der Waals surface area contributed by atoms with Crippen molar-refractivity contribution in [3.63, 3.8) is 0 Å². The van der Waals surface area contributed by atoms with E-state index in [2.05, 4.69) is 0 Å². The van der Waals surface area contributed by atoms with E-state index in [0.29, 0.717) is 5.69 Å². The van der Waals surface area contributed by atoms with E-state index in [4.69, 9.17) is 4.84 Å². The van der Waals surface area contributed by atoms with Gasteiger partial charge in [-0.15, -0.1) is 0 Å². The summed E-state index contributed by atoms with van der Waals surface area (Å²) in [6.07, 6.45) is -0.855. The number of hydrogen-bond donors (Lipinski definition) is 0. The van der Waals surface area contributed by atoms with Gasteiger partial charge in [-0.05, 0) is 42.0 Å². The Labute approximate surface area is 181 Å². The van der Waals surface area contributed by atoms with Crippen LogP contribution in [0.5, 0.6) is 0 Å². The van der Waals surface area contributed by atoms with E-state index in [1.165, 1.54) is 4.90 Å². The number of nitrogens with zero attached hydrogens (tertiary/aromatic N) is 3. The monoisotopic (exact) mass is 413 g/mol. The fraction of sp³-hybridized carbons (Fsp3) is 0.200. The van der Waals surface area contributed by atoms with Crippen LogP contribution in [-0.2, 0) is 14.4 Å². The number of carbonyl (C=O) groups is 2. The van der Waals surface area contributed by atoms with Crippen LogP contribution in [0.1, 0.15) is 11.6 Å². The average molecular weight is 413 g/mol. The number of benzene rings is 3. The molecule has 0 N–H and O–H groups in total. The molecule has 2 amide bonds. The van der Waals surface area contributed by atoms with Crippen LogP contribution in [-0.4, -0.2) is 32.0 Å². The van der Waals surface area contributed by atoms with Gasteiger partial charge >= 0.3 is 0 Å². The minimum absolute atomic E-state index is 0.235. The molecule has 0 spiro atoms. The zero-order valence-electron chi connectivity index (χ0n) is 17.4. The number of hydroxylamine groups is 1. The zero-order chi connectivity index (χ0) is 21.5. The first-order valence-electron chi connectivity index (χ1n) is 10.3. The van der Waals surface area contributed by atoms with Crippen molar-refractivity contribution in [2.75, 3.05) is 29.0 Å². The van der Waals surface area contributed by atoms with Gasteiger partial charge in [0.2, 0.25) is 5.91 Å². The van der Waals surface area contributed by atoms with E-state index < -0.39 is 18.1 Å². The second kappa shape index (κ2) is 7.56. The maximum Gasteiger partial charge on any atom is 0.266 e. The predicted octanol–water partition coefficient (Wildman–Crippen LogP) is 3.80. The van der Waals surface area contributed by atoms with Gasteiger partial charge < -0.3 is 4.90 Å². The molecule has 2 aliphatic heterocycles. The van der Waals surface area contributed by atoms with E-state index in [1.54, 1.807) is 17.2 Å². The van der Waals surface area contributed by atoms with Crippen LogP contribution in [0, 0.1) is 5.92 Å². The highest BCUT2D eigenvalue weighted by atomic mass is 16.7. The molecule has 0 aromatic heterocycles. The van der Waals surface area contributed by atoms with Crippen molar-refractivity contribution in [1.82, 2.24) is 0 Å². The molecule has 3 aromatic rings. The molecule has 0 radical (unpaired) electrons. The highest BCUT2D eigenvalue weighted by molar-refractivity contribution is 6.23. The van der Waals surface area contributed by atoms with Crippen LogP contribution in [0.3, 0.4) is 0 Å². The van der Waals surface area contributed by atoms with Crippen molar-refractivity contribution in [3.8, 4) is 0 Å². The molecule has 0 bridgehead atoms. The molecular formula is C25H23N3O3. The number of hydrogen-bond acceptors (Lipinski definition) is 5. The topological polar surface area (TPSA) is 53.1 Å². The largest absolute Gasteiger partial charge is 0.378 e. The van der Waals surface area contributed by atoms with Crippen molar-refractivity contribution in [3.05, 3.63) is 90.5 Å². The molecule has 2 fully saturated rings. The Balaban J connectivity index is 1.57. The van der Waals surface area contributed by atoms with E-state index in [1.807, 2.05) is 91.8 Å². The zero-order valence-corrected chi connectivity index (χ0v) is 17.4. The second-order valence-corrected chi connectivity index (χ2v) is 7.99. The summed E-state index contributed by atoms with van der Waals surface area (Å²) in [6.45, 7) is 0. The highest BCUT2D eigenvalue weighted by Gasteiger charge is 2.60. The minimum atomic E-state index is -0.855. The normalized spacial score (nSPS) is 22.7. The Morgan fingerprint density at radius 2 is 1.32 bits per heavy atom. The minimum Gasteiger partial charge on any atom is -0.378 e.